The lowest BCUT2D eigenvalue weighted by molar-refractivity contribution is -0.111. The molecule has 10 heteroatoms. The van der Waals surface area contributed by atoms with Crippen molar-refractivity contribution in [3.63, 3.8) is 0 Å². The summed E-state index contributed by atoms with van der Waals surface area (Å²) in [6.07, 6.45) is 3.38. The average molecular weight is 546 g/mol. The van der Waals surface area contributed by atoms with Crippen molar-refractivity contribution in [3.05, 3.63) is 85.2 Å². The first kappa shape index (κ1) is 27.2. The van der Waals surface area contributed by atoms with Crippen molar-refractivity contribution in [3.8, 4) is 16.9 Å². The highest BCUT2D eigenvalue weighted by molar-refractivity contribution is 6.03. The number of morpholine rings is 1. The molecule has 40 heavy (non-hydrogen) atoms. The maximum absolute atomic E-state index is 14.6. The van der Waals surface area contributed by atoms with E-state index in [-0.39, 0.29) is 11.1 Å². The Bertz CT molecular complexity index is 1520. The number of nitrogens with zero attached hydrogens (tertiary/aromatic N) is 3. The van der Waals surface area contributed by atoms with Gasteiger partial charge in [-0.25, -0.2) is 18.7 Å². The standard InChI is InChI=1S/C30H29F2N5O3/c1-2-29(38)36-27-17-23-26(18-28(27)40-13-5-10-37-11-14-39-15-12-37)33-19-34-30(23)35-20-8-9-25(32)22(16-20)21-6-3-4-7-24(21)31/h2-4,6-9,16-19H,1,5,10-15H2,(H,36,38)(H,33,34,35). The Morgan fingerprint density at radius 1 is 1.05 bits per heavy atom. The lowest BCUT2D eigenvalue weighted by Gasteiger charge is -2.26. The summed E-state index contributed by atoms with van der Waals surface area (Å²) in [7, 11) is 0. The second-order valence-electron chi connectivity index (χ2n) is 9.24. The number of hydrogen-bond donors (Lipinski definition) is 2. The Kier molecular flexibility index (Phi) is 8.58. The number of benzene rings is 3. The van der Waals surface area contributed by atoms with Gasteiger partial charge in [0.05, 0.1) is 31.0 Å². The van der Waals surface area contributed by atoms with Crippen molar-refractivity contribution < 1.29 is 23.0 Å². The molecule has 1 aliphatic heterocycles. The molecule has 8 nitrogen and oxygen atoms in total. The fraction of sp³-hybridized carbons (Fsp3) is 0.233. The van der Waals surface area contributed by atoms with Crippen molar-refractivity contribution in [1.29, 1.82) is 0 Å². The normalized spacial score (nSPS) is 13.7. The number of aromatic nitrogens is 2. The van der Waals surface area contributed by atoms with Crippen molar-refractivity contribution in [2.24, 2.45) is 0 Å². The quantitative estimate of drug-likeness (QED) is 0.200. The number of carbonyl (C=O) groups excluding carboxylic acids is 1. The largest absolute Gasteiger partial charge is 0.491 e. The van der Waals surface area contributed by atoms with E-state index < -0.39 is 17.5 Å². The molecule has 1 fully saturated rings. The zero-order valence-corrected chi connectivity index (χ0v) is 21.8. The highest BCUT2D eigenvalue weighted by Crippen LogP contribution is 2.35. The third-order valence-electron chi connectivity index (χ3n) is 6.55. The van der Waals surface area contributed by atoms with Crippen LogP contribution in [-0.4, -0.2) is 60.2 Å². The molecular weight excluding hydrogens is 516 g/mol. The number of carbonyl (C=O) groups is 1. The van der Waals surface area contributed by atoms with Crippen LogP contribution >= 0.6 is 0 Å². The fourth-order valence-electron chi connectivity index (χ4n) is 4.51. The number of rotatable bonds is 10. The van der Waals surface area contributed by atoms with Gasteiger partial charge in [0.15, 0.2) is 0 Å². The van der Waals surface area contributed by atoms with E-state index in [1.807, 2.05) is 0 Å². The van der Waals surface area contributed by atoms with E-state index in [2.05, 4.69) is 32.1 Å². The minimum Gasteiger partial charge on any atom is -0.491 e. The lowest BCUT2D eigenvalue weighted by Crippen LogP contribution is -2.37. The third kappa shape index (κ3) is 6.41. The third-order valence-corrected chi connectivity index (χ3v) is 6.55. The smallest absolute Gasteiger partial charge is 0.247 e. The van der Waals surface area contributed by atoms with Crippen molar-refractivity contribution >= 4 is 34.0 Å². The number of fused-ring (bicyclic) bond motifs is 1. The molecule has 0 unspecified atom stereocenters. The molecule has 0 saturated carbocycles. The van der Waals surface area contributed by atoms with Crippen LogP contribution in [0.15, 0.2) is 73.6 Å². The van der Waals surface area contributed by atoms with E-state index in [1.54, 1.807) is 30.3 Å². The van der Waals surface area contributed by atoms with Gasteiger partial charge in [-0.3, -0.25) is 9.69 Å². The second-order valence-corrected chi connectivity index (χ2v) is 9.24. The lowest BCUT2D eigenvalue weighted by atomic mass is 10.0. The van der Waals surface area contributed by atoms with Crippen LogP contribution < -0.4 is 15.4 Å². The van der Waals surface area contributed by atoms with Crippen molar-refractivity contribution in [1.82, 2.24) is 14.9 Å². The molecule has 0 bridgehead atoms. The second kappa shape index (κ2) is 12.6. The summed E-state index contributed by atoms with van der Waals surface area (Å²) in [5, 5.41) is 6.57. The van der Waals surface area contributed by atoms with Crippen LogP contribution in [0.4, 0.5) is 26.0 Å². The minimum atomic E-state index is -0.548. The van der Waals surface area contributed by atoms with E-state index in [4.69, 9.17) is 9.47 Å². The number of ether oxygens (including phenoxy) is 2. The van der Waals surface area contributed by atoms with Crippen molar-refractivity contribution in [2.75, 3.05) is 50.1 Å². The molecule has 0 radical (unpaired) electrons. The average Bonchev–Trinajstić information content (AvgIpc) is 2.97. The highest BCUT2D eigenvalue weighted by Gasteiger charge is 2.16. The van der Waals surface area contributed by atoms with E-state index in [0.717, 1.165) is 39.3 Å². The first-order valence-corrected chi connectivity index (χ1v) is 13.0. The molecule has 3 aromatic carbocycles. The van der Waals surface area contributed by atoms with E-state index >= 15 is 0 Å². The Balaban J connectivity index is 1.41. The molecule has 1 aromatic heterocycles. The van der Waals surface area contributed by atoms with Gasteiger partial charge in [-0.05, 0) is 42.8 Å². The summed E-state index contributed by atoms with van der Waals surface area (Å²) < 4.78 is 40.5. The Hall–Kier alpha value is -4.41. The molecule has 2 heterocycles. The van der Waals surface area contributed by atoms with Crippen LogP contribution in [-0.2, 0) is 9.53 Å². The van der Waals surface area contributed by atoms with E-state index in [9.17, 15) is 13.6 Å². The summed E-state index contributed by atoms with van der Waals surface area (Å²) in [6.45, 7) is 8.14. The highest BCUT2D eigenvalue weighted by atomic mass is 19.1. The monoisotopic (exact) mass is 545 g/mol. The molecule has 0 spiro atoms. The summed E-state index contributed by atoms with van der Waals surface area (Å²) >= 11 is 0. The number of halogens is 2. The van der Waals surface area contributed by atoms with Gasteiger partial charge < -0.3 is 20.1 Å². The molecule has 206 valence electrons. The first-order valence-electron chi connectivity index (χ1n) is 13.0. The summed E-state index contributed by atoms with van der Waals surface area (Å²) in [4.78, 5) is 23.3. The SMILES string of the molecule is C=CC(=O)Nc1cc2c(Nc3ccc(F)c(-c4ccccc4F)c3)ncnc2cc1OCCCN1CCOCC1. The molecule has 2 N–H and O–H groups in total. The van der Waals surface area contributed by atoms with Gasteiger partial charge in [0.1, 0.15) is 29.5 Å². The predicted molar refractivity (Wildman–Crippen MR) is 151 cm³/mol. The van der Waals surface area contributed by atoms with Gasteiger partial charge in [0.2, 0.25) is 5.91 Å². The van der Waals surface area contributed by atoms with Crippen LogP contribution in [0.3, 0.4) is 0 Å². The maximum atomic E-state index is 14.6. The van der Waals surface area contributed by atoms with Gasteiger partial charge in [-0.2, -0.15) is 0 Å². The molecule has 0 atom stereocenters. The summed E-state index contributed by atoms with van der Waals surface area (Å²) in [6, 6.07) is 13.8. The Morgan fingerprint density at radius 2 is 1.85 bits per heavy atom. The number of amides is 1. The summed E-state index contributed by atoms with van der Waals surface area (Å²) in [5.41, 5.74) is 1.79. The van der Waals surface area contributed by atoms with Gasteiger partial charge >= 0.3 is 0 Å². The van der Waals surface area contributed by atoms with Crippen molar-refractivity contribution in [2.45, 2.75) is 6.42 Å². The molecule has 1 aliphatic rings. The minimum absolute atomic E-state index is 0.119. The number of anilines is 3. The molecular formula is C30H29F2N5O3. The molecule has 0 aliphatic carbocycles. The fourth-order valence-corrected chi connectivity index (χ4v) is 4.51. The van der Waals surface area contributed by atoms with Gasteiger partial charge in [-0.15, -0.1) is 0 Å². The zero-order valence-electron chi connectivity index (χ0n) is 21.8. The summed E-state index contributed by atoms with van der Waals surface area (Å²) in [5.74, 6) is -0.571. The van der Waals surface area contributed by atoms with Gasteiger partial charge in [-0.1, -0.05) is 24.8 Å². The maximum Gasteiger partial charge on any atom is 0.247 e. The first-order chi connectivity index (χ1) is 19.5. The van der Waals surface area contributed by atoms with Crippen LogP contribution in [0.2, 0.25) is 0 Å². The topological polar surface area (TPSA) is 88.6 Å². The molecule has 4 aromatic rings. The van der Waals surface area contributed by atoms with Crippen LogP contribution in [0.25, 0.3) is 22.0 Å². The Labute approximate surface area is 230 Å². The van der Waals surface area contributed by atoms with E-state index in [0.29, 0.717) is 40.5 Å². The van der Waals surface area contributed by atoms with Gasteiger partial charge in [0.25, 0.3) is 0 Å². The van der Waals surface area contributed by atoms with Gasteiger partial charge in [0, 0.05) is 47.9 Å². The Morgan fingerprint density at radius 3 is 2.65 bits per heavy atom. The zero-order chi connectivity index (χ0) is 27.9. The number of nitrogens with one attached hydrogen (secondary N) is 2. The van der Waals surface area contributed by atoms with E-state index in [1.165, 1.54) is 36.7 Å². The van der Waals surface area contributed by atoms with Crippen LogP contribution in [0.1, 0.15) is 6.42 Å². The molecule has 1 saturated heterocycles. The van der Waals surface area contributed by atoms with Crippen LogP contribution in [0.5, 0.6) is 5.75 Å². The van der Waals surface area contributed by atoms with Crippen LogP contribution in [0, 0.1) is 11.6 Å². The molecule has 5 rings (SSSR count). The number of hydrogen-bond acceptors (Lipinski definition) is 7. The predicted octanol–water partition coefficient (Wildman–Crippen LogP) is 5.54. The molecule has 1 amide bonds.